The summed E-state index contributed by atoms with van der Waals surface area (Å²) >= 11 is 0. The maximum Gasteiger partial charge on any atom is 0.261 e. The highest BCUT2D eigenvalue weighted by atomic mass is 32.2. The first-order valence-corrected chi connectivity index (χ1v) is 11.4. The molecule has 31 heavy (non-hydrogen) atoms. The number of hydrogen-bond acceptors (Lipinski definition) is 4. The molecule has 3 rings (SSSR count). The molecular weight excluding hydrogens is 412 g/mol. The molecule has 0 heterocycles. The van der Waals surface area contributed by atoms with Gasteiger partial charge in [0.25, 0.3) is 15.9 Å². The van der Waals surface area contributed by atoms with Crippen LogP contribution in [-0.4, -0.2) is 21.4 Å². The Kier molecular flexibility index (Phi) is 6.65. The Morgan fingerprint density at radius 1 is 0.935 bits per heavy atom. The number of carbonyl (C=O) groups is 1. The number of ether oxygens (including phenoxy) is 1. The first-order chi connectivity index (χ1) is 14.7. The summed E-state index contributed by atoms with van der Waals surface area (Å²) in [6, 6.07) is 18.7. The monoisotopic (exact) mass is 438 g/mol. The highest BCUT2D eigenvalue weighted by Crippen LogP contribution is 2.26. The minimum Gasteiger partial charge on any atom is -0.497 e. The zero-order valence-corrected chi connectivity index (χ0v) is 18.8. The van der Waals surface area contributed by atoms with Gasteiger partial charge in [-0.1, -0.05) is 38.1 Å². The number of sulfonamides is 1. The Balaban J connectivity index is 1.85. The van der Waals surface area contributed by atoms with Crippen LogP contribution in [-0.2, 0) is 10.0 Å². The molecule has 0 aromatic heterocycles. The summed E-state index contributed by atoms with van der Waals surface area (Å²) < 4.78 is 33.2. The van der Waals surface area contributed by atoms with Gasteiger partial charge in [0.05, 0.1) is 17.7 Å². The molecule has 3 aromatic rings. The number of carbonyl (C=O) groups excluding carboxylic acids is 1. The third kappa shape index (κ3) is 5.24. The van der Waals surface area contributed by atoms with Gasteiger partial charge in [-0.25, -0.2) is 8.42 Å². The van der Waals surface area contributed by atoms with E-state index in [0.29, 0.717) is 22.6 Å². The molecule has 0 aliphatic heterocycles. The Morgan fingerprint density at radius 2 is 1.61 bits per heavy atom. The average molecular weight is 439 g/mol. The summed E-state index contributed by atoms with van der Waals surface area (Å²) in [4.78, 5) is 13.0. The predicted molar refractivity (Wildman–Crippen MR) is 123 cm³/mol. The van der Waals surface area contributed by atoms with Crippen molar-refractivity contribution in [3.8, 4) is 5.75 Å². The molecule has 0 aliphatic rings. The summed E-state index contributed by atoms with van der Waals surface area (Å²) in [5, 5.41) is 2.93. The van der Waals surface area contributed by atoms with E-state index < -0.39 is 10.0 Å². The second-order valence-electron chi connectivity index (χ2n) is 7.51. The van der Waals surface area contributed by atoms with Crippen LogP contribution < -0.4 is 14.8 Å². The molecule has 0 saturated carbocycles. The fourth-order valence-corrected chi connectivity index (χ4v) is 4.26. The predicted octanol–water partition coefficient (Wildman–Crippen LogP) is 5.18. The molecular formula is C24H26N2O4S. The molecule has 3 aromatic carbocycles. The maximum absolute atomic E-state index is 12.9. The molecule has 0 aliphatic carbocycles. The fraction of sp³-hybridized carbons (Fsp3) is 0.208. The van der Waals surface area contributed by atoms with Crippen molar-refractivity contribution in [2.75, 3.05) is 17.1 Å². The molecule has 1 amide bonds. The number of nitrogens with one attached hydrogen (secondary N) is 2. The molecule has 6 nitrogen and oxygen atoms in total. The quantitative estimate of drug-likeness (QED) is 0.532. The van der Waals surface area contributed by atoms with Gasteiger partial charge in [0.2, 0.25) is 0 Å². The number of rotatable bonds is 7. The highest BCUT2D eigenvalue weighted by molar-refractivity contribution is 7.92. The Hall–Kier alpha value is -3.32. The lowest BCUT2D eigenvalue weighted by atomic mass is 10.0. The SMILES string of the molecule is COc1ccc(S(=O)(=O)Nc2cc(C(=O)Nc3ccccc3C(C)C)ccc2C)cc1. The lowest BCUT2D eigenvalue weighted by Gasteiger charge is -2.15. The minimum absolute atomic E-state index is 0.105. The summed E-state index contributed by atoms with van der Waals surface area (Å²) in [7, 11) is -2.30. The number of benzene rings is 3. The van der Waals surface area contributed by atoms with Gasteiger partial charge in [-0.3, -0.25) is 9.52 Å². The van der Waals surface area contributed by atoms with Crippen LogP contribution in [0.1, 0.15) is 41.3 Å². The van der Waals surface area contributed by atoms with E-state index in [1.807, 2.05) is 24.3 Å². The van der Waals surface area contributed by atoms with E-state index in [-0.39, 0.29) is 16.7 Å². The lowest BCUT2D eigenvalue weighted by Crippen LogP contribution is -2.16. The summed E-state index contributed by atoms with van der Waals surface area (Å²) in [6.45, 7) is 5.90. The van der Waals surface area contributed by atoms with E-state index in [1.165, 1.54) is 19.2 Å². The molecule has 2 N–H and O–H groups in total. The van der Waals surface area contributed by atoms with Crippen LogP contribution in [0.4, 0.5) is 11.4 Å². The van der Waals surface area contributed by atoms with Crippen molar-refractivity contribution in [2.24, 2.45) is 0 Å². The summed E-state index contributed by atoms with van der Waals surface area (Å²) in [6.07, 6.45) is 0. The van der Waals surface area contributed by atoms with Crippen LogP contribution in [0.15, 0.2) is 71.6 Å². The van der Waals surface area contributed by atoms with E-state index in [0.717, 1.165) is 11.3 Å². The average Bonchev–Trinajstić information content (AvgIpc) is 2.75. The minimum atomic E-state index is -3.82. The van der Waals surface area contributed by atoms with E-state index in [2.05, 4.69) is 23.9 Å². The first-order valence-electron chi connectivity index (χ1n) is 9.89. The number of aryl methyl sites for hydroxylation is 1. The number of methoxy groups -OCH3 is 1. The van der Waals surface area contributed by atoms with E-state index in [9.17, 15) is 13.2 Å². The maximum atomic E-state index is 12.9. The van der Waals surface area contributed by atoms with Crippen molar-refractivity contribution in [1.82, 2.24) is 0 Å². The zero-order chi connectivity index (χ0) is 22.6. The largest absolute Gasteiger partial charge is 0.497 e. The lowest BCUT2D eigenvalue weighted by molar-refractivity contribution is 0.102. The first kappa shape index (κ1) is 22.4. The molecule has 0 radical (unpaired) electrons. The van der Waals surface area contributed by atoms with Crippen molar-refractivity contribution < 1.29 is 17.9 Å². The second-order valence-corrected chi connectivity index (χ2v) is 9.19. The number of anilines is 2. The summed E-state index contributed by atoms with van der Waals surface area (Å²) in [5.41, 5.74) is 3.18. The van der Waals surface area contributed by atoms with Crippen LogP contribution in [0.2, 0.25) is 0 Å². The van der Waals surface area contributed by atoms with Crippen molar-refractivity contribution in [3.05, 3.63) is 83.4 Å². The Labute approximate surface area is 183 Å². The fourth-order valence-electron chi connectivity index (χ4n) is 3.14. The molecule has 7 heteroatoms. The molecule has 162 valence electrons. The van der Waals surface area contributed by atoms with Gasteiger partial charge in [-0.15, -0.1) is 0 Å². The van der Waals surface area contributed by atoms with Gasteiger partial charge in [0.15, 0.2) is 0 Å². The molecule has 0 spiro atoms. The van der Waals surface area contributed by atoms with Crippen LogP contribution >= 0.6 is 0 Å². The van der Waals surface area contributed by atoms with Crippen molar-refractivity contribution in [2.45, 2.75) is 31.6 Å². The number of amides is 1. The number of para-hydroxylation sites is 1. The van der Waals surface area contributed by atoms with Gasteiger partial charge in [-0.05, 0) is 66.4 Å². The standard InChI is InChI=1S/C24H26N2O4S/c1-16(2)21-7-5-6-8-22(21)25-24(27)18-10-9-17(3)23(15-18)26-31(28,29)20-13-11-19(30-4)12-14-20/h5-16,26H,1-4H3,(H,25,27). The van der Waals surface area contributed by atoms with Crippen molar-refractivity contribution in [3.63, 3.8) is 0 Å². The number of hydrogen-bond donors (Lipinski definition) is 2. The molecule has 0 bridgehead atoms. The van der Waals surface area contributed by atoms with Crippen molar-refractivity contribution >= 4 is 27.3 Å². The van der Waals surface area contributed by atoms with Gasteiger partial charge in [0.1, 0.15) is 5.75 Å². The Morgan fingerprint density at radius 3 is 2.26 bits per heavy atom. The second kappa shape index (κ2) is 9.22. The van der Waals surface area contributed by atoms with E-state index in [1.54, 1.807) is 37.3 Å². The van der Waals surface area contributed by atoms with Crippen LogP contribution in [0.3, 0.4) is 0 Å². The zero-order valence-electron chi connectivity index (χ0n) is 18.0. The topological polar surface area (TPSA) is 84.5 Å². The third-order valence-electron chi connectivity index (χ3n) is 4.94. The molecule has 0 fully saturated rings. The van der Waals surface area contributed by atoms with Gasteiger partial charge >= 0.3 is 0 Å². The smallest absolute Gasteiger partial charge is 0.261 e. The third-order valence-corrected chi connectivity index (χ3v) is 6.33. The molecule has 0 saturated heterocycles. The van der Waals surface area contributed by atoms with Crippen LogP contribution in [0.25, 0.3) is 0 Å². The normalized spacial score (nSPS) is 11.3. The van der Waals surface area contributed by atoms with Gasteiger partial charge < -0.3 is 10.1 Å². The van der Waals surface area contributed by atoms with Crippen molar-refractivity contribution in [1.29, 1.82) is 0 Å². The van der Waals surface area contributed by atoms with Crippen LogP contribution in [0.5, 0.6) is 5.75 Å². The highest BCUT2D eigenvalue weighted by Gasteiger charge is 2.17. The Bertz CT molecular complexity index is 1190. The molecule has 0 unspecified atom stereocenters. The molecule has 0 atom stereocenters. The summed E-state index contributed by atoms with van der Waals surface area (Å²) in [5.74, 6) is 0.509. The van der Waals surface area contributed by atoms with E-state index >= 15 is 0 Å². The van der Waals surface area contributed by atoms with E-state index in [4.69, 9.17) is 4.74 Å². The van der Waals surface area contributed by atoms with Gasteiger partial charge in [0, 0.05) is 11.3 Å². The van der Waals surface area contributed by atoms with Gasteiger partial charge in [-0.2, -0.15) is 0 Å². The van der Waals surface area contributed by atoms with Crippen LogP contribution in [0, 0.1) is 6.92 Å².